The molecule has 0 atom stereocenters. The van der Waals surface area contributed by atoms with E-state index < -0.39 is 11.7 Å². The fraction of sp³-hybridized carbons (Fsp3) is 0.458. The van der Waals surface area contributed by atoms with Crippen LogP contribution < -0.4 is 9.64 Å². The number of anilines is 1. The van der Waals surface area contributed by atoms with Crippen molar-refractivity contribution in [1.29, 1.82) is 0 Å². The predicted octanol–water partition coefficient (Wildman–Crippen LogP) is 4.03. The molecule has 1 amide bonds. The highest BCUT2D eigenvalue weighted by molar-refractivity contribution is 5.78. The van der Waals surface area contributed by atoms with Gasteiger partial charge < -0.3 is 14.5 Å². The van der Waals surface area contributed by atoms with Crippen molar-refractivity contribution in [3.8, 4) is 5.75 Å². The van der Waals surface area contributed by atoms with Crippen molar-refractivity contribution in [3.63, 3.8) is 0 Å². The number of ether oxygens (including phenoxy) is 1. The lowest BCUT2D eigenvalue weighted by Crippen LogP contribution is -2.51. The van der Waals surface area contributed by atoms with Gasteiger partial charge in [-0.2, -0.15) is 13.2 Å². The number of halogens is 3. The summed E-state index contributed by atoms with van der Waals surface area (Å²) in [5.74, 6) is 0.897. The largest absolute Gasteiger partial charge is 0.497 e. The lowest BCUT2D eigenvalue weighted by molar-refractivity contribution is -0.137. The predicted molar refractivity (Wildman–Crippen MR) is 117 cm³/mol. The molecule has 0 radical (unpaired) electrons. The Labute approximate surface area is 186 Å². The summed E-state index contributed by atoms with van der Waals surface area (Å²) in [5.41, 5.74) is 1.26. The first-order valence-corrected chi connectivity index (χ1v) is 10.9. The number of alkyl halides is 3. The molecule has 0 aromatic heterocycles. The molecule has 4 rings (SSSR count). The molecular formula is C24H28F3N3O2. The third-order valence-corrected chi connectivity index (χ3v) is 6.14. The highest BCUT2D eigenvalue weighted by Crippen LogP contribution is 2.31. The second kappa shape index (κ2) is 9.40. The number of carbonyl (C=O) groups excluding carboxylic acids is 1. The molecule has 1 aliphatic heterocycles. The molecule has 1 saturated carbocycles. The Morgan fingerprint density at radius 3 is 2.16 bits per heavy atom. The summed E-state index contributed by atoms with van der Waals surface area (Å²) >= 11 is 0. The Morgan fingerprint density at radius 2 is 1.62 bits per heavy atom. The van der Waals surface area contributed by atoms with E-state index in [9.17, 15) is 18.0 Å². The molecule has 2 aromatic carbocycles. The zero-order valence-electron chi connectivity index (χ0n) is 18.1. The average molecular weight is 448 g/mol. The van der Waals surface area contributed by atoms with Crippen molar-refractivity contribution in [2.75, 3.05) is 44.7 Å². The quantitative estimate of drug-likeness (QED) is 0.642. The van der Waals surface area contributed by atoms with Crippen LogP contribution in [-0.4, -0.2) is 61.6 Å². The van der Waals surface area contributed by atoms with Crippen LogP contribution in [0.25, 0.3) is 0 Å². The number of piperazine rings is 1. The summed E-state index contributed by atoms with van der Waals surface area (Å²) in [7, 11) is 1.64. The van der Waals surface area contributed by atoms with Gasteiger partial charge in [-0.3, -0.25) is 9.69 Å². The van der Waals surface area contributed by atoms with Crippen LogP contribution in [0.3, 0.4) is 0 Å². The Kier molecular flexibility index (Phi) is 6.60. The van der Waals surface area contributed by atoms with E-state index in [0.29, 0.717) is 32.2 Å². The molecule has 1 heterocycles. The van der Waals surface area contributed by atoms with Gasteiger partial charge >= 0.3 is 6.18 Å². The van der Waals surface area contributed by atoms with Crippen LogP contribution in [0.5, 0.6) is 5.75 Å². The molecule has 8 heteroatoms. The van der Waals surface area contributed by atoms with Gasteiger partial charge in [-0.1, -0.05) is 12.1 Å². The van der Waals surface area contributed by atoms with E-state index in [1.807, 2.05) is 29.2 Å². The van der Waals surface area contributed by atoms with E-state index in [4.69, 9.17) is 4.74 Å². The maximum Gasteiger partial charge on any atom is 0.416 e. The smallest absolute Gasteiger partial charge is 0.416 e. The van der Waals surface area contributed by atoms with E-state index >= 15 is 0 Å². The van der Waals surface area contributed by atoms with E-state index in [1.54, 1.807) is 7.11 Å². The molecule has 0 spiro atoms. The Balaban J connectivity index is 1.31. The van der Waals surface area contributed by atoms with E-state index in [1.165, 1.54) is 12.1 Å². The molecule has 2 aromatic rings. The Hall–Kier alpha value is -2.74. The molecule has 0 unspecified atom stereocenters. The standard InChI is InChI=1S/C24H28F3N3O2/c1-32-22-10-8-20(9-11-22)28-12-14-29(15-13-28)23(31)17-30(21-6-7-21)16-18-2-4-19(5-3-18)24(25,26)27/h2-5,8-11,21H,6-7,12-17H2,1H3. The Morgan fingerprint density at radius 1 is 1.00 bits per heavy atom. The van der Waals surface area contributed by atoms with Crippen molar-refractivity contribution in [1.82, 2.24) is 9.80 Å². The molecule has 172 valence electrons. The van der Waals surface area contributed by atoms with E-state index in [-0.39, 0.29) is 5.91 Å². The van der Waals surface area contributed by atoms with Crippen molar-refractivity contribution in [3.05, 3.63) is 59.7 Å². The summed E-state index contributed by atoms with van der Waals surface area (Å²) in [6.07, 6.45) is -2.28. The maximum absolute atomic E-state index is 12.9. The molecule has 1 saturated heterocycles. The maximum atomic E-state index is 12.9. The van der Waals surface area contributed by atoms with Crippen LogP contribution in [0.2, 0.25) is 0 Å². The lowest BCUT2D eigenvalue weighted by Gasteiger charge is -2.37. The van der Waals surface area contributed by atoms with Gasteiger partial charge in [-0.25, -0.2) is 0 Å². The number of nitrogens with zero attached hydrogens (tertiary/aromatic N) is 3. The minimum atomic E-state index is -4.33. The first-order chi connectivity index (χ1) is 15.3. The minimum Gasteiger partial charge on any atom is -0.497 e. The van der Waals surface area contributed by atoms with Gasteiger partial charge in [-0.15, -0.1) is 0 Å². The topological polar surface area (TPSA) is 36.0 Å². The number of rotatable bonds is 7. The van der Waals surface area contributed by atoms with Gasteiger partial charge in [0.2, 0.25) is 5.91 Å². The second-order valence-corrected chi connectivity index (χ2v) is 8.40. The van der Waals surface area contributed by atoms with Gasteiger partial charge in [0, 0.05) is 44.5 Å². The monoisotopic (exact) mass is 447 g/mol. The molecule has 1 aliphatic carbocycles. The van der Waals surface area contributed by atoms with Crippen LogP contribution in [0.15, 0.2) is 48.5 Å². The van der Waals surface area contributed by atoms with Crippen LogP contribution in [0.4, 0.5) is 18.9 Å². The molecule has 0 bridgehead atoms. The molecular weight excluding hydrogens is 419 g/mol. The fourth-order valence-electron chi connectivity index (χ4n) is 4.07. The number of hydrogen-bond donors (Lipinski definition) is 0. The third-order valence-electron chi connectivity index (χ3n) is 6.14. The first kappa shape index (κ1) is 22.5. The van der Waals surface area contributed by atoms with Crippen molar-refractivity contribution >= 4 is 11.6 Å². The molecule has 5 nitrogen and oxygen atoms in total. The number of amides is 1. The van der Waals surface area contributed by atoms with Crippen LogP contribution in [0, 0.1) is 0 Å². The average Bonchev–Trinajstić information content (AvgIpc) is 3.64. The number of carbonyl (C=O) groups is 1. The van der Waals surface area contributed by atoms with Gasteiger partial charge in [0.25, 0.3) is 0 Å². The van der Waals surface area contributed by atoms with E-state index in [0.717, 1.165) is 55.1 Å². The molecule has 0 N–H and O–H groups in total. The van der Waals surface area contributed by atoms with E-state index in [2.05, 4.69) is 9.80 Å². The second-order valence-electron chi connectivity index (χ2n) is 8.40. The summed E-state index contributed by atoms with van der Waals surface area (Å²) in [6, 6.07) is 13.5. The lowest BCUT2D eigenvalue weighted by atomic mass is 10.1. The van der Waals surface area contributed by atoms with Crippen LogP contribution in [0.1, 0.15) is 24.0 Å². The number of methoxy groups -OCH3 is 1. The van der Waals surface area contributed by atoms with Crippen LogP contribution >= 0.6 is 0 Å². The zero-order chi connectivity index (χ0) is 22.7. The highest BCUT2D eigenvalue weighted by Gasteiger charge is 2.33. The van der Waals surface area contributed by atoms with Crippen molar-refractivity contribution < 1.29 is 22.7 Å². The van der Waals surface area contributed by atoms with Gasteiger partial charge in [-0.05, 0) is 54.8 Å². The number of benzene rings is 2. The van der Waals surface area contributed by atoms with Gasteiger partial charge in [0.15, 0.2) is 0 Å². The van der Waals surface area contributed by atoms with Crippen molar-refractivity contribution in [2.45, 2.75) is 31.6 Å². The summed E-state index contributed by atoms with van der Waals surface area (Å²) < 4.78 is 43.6. The highest BCUT2D eigenvalue weighted by atomic mass is 19.4. The minimum absolute atomic E-state index is 0.0817. The molecule has 2 aliphatic rings. The van der Waals surface area contributed by atoms with Gasteiger partial charge in [0.1, 0.15) is 5.75 Å². The van der Waals surface area contributed by atoms with Gasteiger partial charge in [0.05, 0.1) is 19.2 Å². The van der Waals surface area contributed by atoms with Crippen molar-refractivity contribution in [2.24, 2.45) is 0 Å². The Bertz CT molecular complexity index is 904. The zero-order valence-corrected chi connectivity index (χ0v) is 18.1. The SMILES string of the molecule is COc1ccc(N2CCN(C(=O)CN(Cc3ccc(C(F)(F)F)cc3)C3CC3)CC2)cc1. The molecule has 2 fully saturated rings. The first-order valence-electron chi connectivity index (χ1n) is 10.9. The number of hydrogen-bond acceptors (Lipinski definition) is 4. The summed E-state index contributed by atoms with van der Waals surface area (Å²) in [5, 5.41) is 0. The normalized spacial score (nSPS) is 17.0. The van der Waals surface area contributed by atoms with Crippen LogP contribution in [-0.2, 0) is 17.5 Å². The third kappa shape index (κ3) is 5.54. The summed E-state index contributed by atoms with van der Waals surface area (Å²) in [4.78, 5) is 19.2. The fourth-order valence-corrected chi connectivity index (χ4v) is 4.07. The summed E-state index contributed by atoms with van der Waals surface area (Å²) in [6.45, 7) is 3.63. The molecule has 32 heavy (non-hydrogen) atoms.